The topological polar surface area (TPSA) is 64.3 Å². The Morgan fingerprint density at radius 3 is 2.70 bits per heavy atom. The Kier molecular flexibility index (Phi) is 4.63. The summed E-state index contributed by atoms with van der Waals surface area (Å²) in [5.41, 5.74) is 1.38. The number of oxazole rings is 1. The number of halogens is 2. The molecule has 1 aliphatic heterocycles. The van der Waals surface area contributed by atoms with E-state index < -0.39 is 5.82 Å². The monoisotopic (exact) mass is 374 g/mol. The van der Waals surface area contributed by atoms with Gasteiger partial charge in [0.25, 0.3) is 11.9 Å². The summed E-state index contributed by atoms with van der Waals surface area (Å²) in [5, 5.41) is 0. The van der Waals surface area contributed by atoms with Gasteiger partial charge in [-0.25, -0.2) is 9.37 Å². The van der Waals surface area contributed by atoms with Crippen molar-refractivity contribution in [1.82, 2.24) is 15.0 Å². The molecule has 0 amide bonds. The van der Waals surface area contributed by atoms with Crippen LogP contribution in [0.25, 0.3) is 11.1 Å². The normalized spacial score (nSPS) is 15.5. The number of aromatic nitrogens is 3. The summed E-state index contributed by atoms with van der Waals surface area (Å²) in [6, 6.07) is 4.82. The minimum absolute atomic E-state index is 0.0170. The van der Waals surface area contributed by atoms with Gasteiger partial charge in [-0.1, -0.05) is 0 Å². The maximum Gasteiger partial charge on any atom is 0.298 e. The molecule has 0 radical (unpaired) electrons. The zero-order chi connectivity index (χ0) is 19.0. The van der Waals surface area contributed by atoms with Crippen LogP contribution in [0.3, 0.4) is 0 Å². The number of piperidine rings is 1. The average molecular weight is 374 g/mol. The van der Waals surface area contributed by atoms with E-state index >= 15 is 0 Å². The predicted octanol–water partition coefficient (Wildman–Crippen LogP) is 3.81. The number of aryl methyl sites for hydroxylation is 2. The quantitative estimate of drug-likeness (QED) is 0.692. The minimum atomic E-state index is -0.503. The molecule has 0 bridgehead atoms. The first-order valence-corrected chi connectivity index (χ1v) is 8.94. The molecule has 1 saturated heterocycles. The van der Waals surface area contributed by atoms with Gasteiger partial charge in [-0.15, -0.1) is 0 Å². The van der Waals surface area contributed by atoms with Gasteiger partial charge in [0, 0.05) is 19.2 Å². The van der Waals surface area contributed by atoms with Crippen molar-refractivity contribution in [3.8, 4) is 5.88 Å². The van der Waals surface area contributed by atoms with E-state index in [0.29, 0.717) is 35.2 Å². The van der Waals surface area contributed by atoms with Crippen molar-refractivity contribution in [2.24, 2.45) is 5.92 Å². The van der Waals surface area contributed by atoms with Crippen molar-refractivity contribution in [2.45, 2.75) is 26.7 Å². The zero-order valence-corrected chi connectivity index (χ0v) is 15.2. The van der Waals surface area contributed by atoms with Gasteiger partial charge in [0.05, 0.1) is 12.3 Å². The number of benzene rings is 1. The molecule has 1 fully saturated rings. The smallest absolute Gasteiger partial charge is 0.298 e. The summed E-state index contributed by atoms with van der Waals surface area (Å²) in [6.07, 6.45) is 1.72. The molecule has 0 N–H and O–H groups in total. The minimum Gasteiger partial charge on any atom is -0.475 e. The average Bonchev–Trinajstić information content (AvgIpc) is 3.07. The van der Waals surface area contributed by atoms with Crippen molar-refractivity contribution < 1.29 is 17.9 Å². The van der Waals surface area contributed by atoms with Gasteiger partial charge in [-0.05, 0) is 44.7 Å². The van der Waals surface area contributed by atoms with Crippen LogP contribution in [0.1, 0.15) is 24.4 Å². The molecule has 3 aromatic rings. The van der Waals surface area contributed by atoms with Gasteiger partial charge in [0.15, 0.2) is 5.58 Å². The summed E-state index contributed by atoms with van der Waals surface area (Å²) in [5.74, 6) is -0.0483. The van der Waals surface area contributed by atoms with Crippen LogP contribution in [0.4, 0.5) is 14.8 Å². The molecular formula is C19H20F2N4O2. The first-order chi connectivity index (χ1) is 13.0. The van der Waals surface area contributed by atoms with Crippen molar-refractivity contribution in [3.05, 3.63) is 41.4 Å². The van der Waals surface area contributed by atoms with Gasteiger partial charge in [-0.3, -0.25) is 0 Å². The number of nitrogens with zero attached hydrogens (tertiary/aromatic N) is 4. The number of rotatable bonds is 4. The lowest BCUT2D eigenvalue weighted by Crippen LogP contribution is -2.35. The highest BCUT2D eigenvalue weighted by Gasteiger charge is 2.24. The molecule has 0 aliphatic carbocycles. The second-order valence-electron chi connectivity index (χ2n) is 6.83. The Bertz CT molecular complexity index is 968. The zero-order valence-electron chi connectivity index (χ0n) is 15.2. The van der Waals surface area contributed by atoms with Crippen molar-refractivity contribution in [3.63, 3.8) is 0 Å². The van der Waals surface area contributed by atoms with Crippen LogP contribution in [-0.2, 0) is 0 Å². The largest absolute Gasteiger partial charge is 0.475 e. The Balaban J connectivity index is 1.36. The molecular weight excluding hydrogens is 354 g/mol. The van der Waals surface area contributed by atoms with Crippen LogP contribution in [0.2, 0.25) is 0 Å². The van der Waals surface area contributed by atoms with Crippen LogP contribution < -0.4 is 9.64 Å². The van der Waals surface area contributed by atoms with E-state index in [-0.39, 0.29) is 17.6 Å². The van der Waals surface area contributed by atoms with Gasteiger partial charge in [0.2, 0.25) is 5.82 Å². The van der Waals surface area contributed by atoms with E-state index in [1.165, 1.54) is 12.1 Å². The predicted molar refractivity (Wildman–Crippen MR) is 95.9 cm³/mol. The second kappa shape index (κ2) is 7.09. The summed E-state index contributed by atoms with van der Waals surface area (Å²) in [4.78, 5) is 14.5. The summed E-state index contributed by atoms with van der Waals surface area (Å²) >= 11 is 0. The van der Waals surface area contributed by atoms with Crippen LogP contribution in [-0.4, -0.2) is 34.6 Å². The Labute approximate surface area is 155 Å². The van der Waals surface area contributed by atoms with E-state index in [1.54, 1.807) is 19.9 Å². The van der Waals surface area contributed by atoms with E-state index in [4.69, 9.17) is 9.15 Å². The van der Waals surface area contributed by atoms with Crippen molar-refractivity contribution in [1.29, 1.82) is 0 Å². The third-order valence-corrected chi connectivity index (χ3v) is 4.78. The maximum atomic E-state index is 14.0. The molecule has 4 rings (SSSR count). The number of anilines is 1. The third kappa shape index (κ3) is 3.70. The molecule has 0 atom stereocenters. The molecule has 142 valence electrons. The van der Waals surface area contributed by atoms with Crippen LogP contribution >= 0.6 is 0 Å². The van der Waals surface area contributed by atoms with Crippen LogP contribution in [0.5, 0.6) is 5.88 Å². The van der Waals surface area contributed by atoms with E-state index in [0.717, 1.165) is 25.9 Å². The van der Waals surface area contributed by atoms with E-state index in [2.05, 4.69) is 15.0 Å². The molecule has 3 heterocycles. The molecule has 8 heteroatoms. The fraction of sp³-hybridized carbons (Fsp3) is 0.421. The highest BCUT2D eigenvalue weighted by molar-refractivity contribution is 5.74. The first kappa shape index (κ1) is 17.6. The Hall–Kier alpha value is -2.77. The number of hydrogen-bond donors (Lipinski definition) is 0. The lowest BCUT2D eigenvalue weighted by Gasteiger charge is -2.30. The van der Waals surface area contributed by atoms with Gasteiger partial charge in [0.1, 0.15) is 17.2 Å². The second-order valence-corrected chi connectivity index (χ2v) is 6.83. The number of fused-ring (bicyclic) bond motifs is 1. The summed E-state index contributed by atoms with van der Waals surface area (Å²) in [7, 11) is 0. The van der Waals surface area contributed by atoms with Crippen molar-refractivity contribution >= 4 is 17.1 Å². The summed E-state index contributed by atoms with van der Waals surface area (Å²) in [6.45, 7) is 5.20. The number of hydrogen-bond acceptors (Lipinski definition) is 6. The lowest BCUT2D eigenvalue weighted by molar-refractivity contribution is 0.205. The SMILES string of the molecule is Cc1nc(C)c(F)c(OCC2CCN(c3nc4ccc(F)cc4o3)CC2)n1. The molecule has 1 aliphatic rings. The molecule has 27 heavy (non-hydrogen) atoms. The molecule has 0 spiro atoms. The van der Waals surface area contributed by atoms with Crippen LogP contribution in [0, 0.1) is 31.4 Å². The van der Waals surface area contributed by atoms with E-state index in [9.17, 15) is 8.78 Å². The third-order valence-electron chi connectivity index (χ3n) is 4.78. The Morgan fingerprint density at radius 2 is 1.93 bits per heavy atom. The maximum absolute atomic E-state index is 14.0. The van der Waals surface area contributed by atoms with Gasteiger partial charge < -0.3 is 14.1 Å². The van der Waals surface area contributed by atoms with E-state index in [1.807, 2.05) is 4.90 Å². The highest BCUT2D eigenvalue weighted by atomic mass is 19.1. The molecule has 2 aromatic heterocycles. The van der Waals surface area contributed by atoms with Gasteiger partial charge in [-0.2, -0.15) is 14.4 Å². The standard InChI is InChI=1S/C19H20F2N4O2/c1-11-17(21)18(23-12(2)22-11)26-10-13-5-7-25(8-6-13)19-24-15-4-3-14(20)9-16(15)27-19/h3-4,9,13H,5-8,10H2,1-2H3. The molecule has 6 nitrogen and oxygen atoms in total. The molecule has 0 saturated carbocycles. The Morgan fingerprint density at radius 1 is 1.15 bits per heavy atom. The van der Waals surface area contributed by atoms with Crippen LogP contribution in [0.15, 0.2) is 22.6 Å². The first-order valence-electron chi connectivity index (χ1n) is 8.94. The number of ether oxygens (including phenoxy) is 1. The molecule has 1 aromatic carbocycles. The summed E-state index contributed by atoms with van der Waals surface area (Å²) < 4.78 is 38.6. The van der Waals surface area contributed by atoms with Crippen molar-refractivity contribution in [2.75, 3.05) is 24.6 Å². The molecule has 0 unspecified atom stereocenters. The van der Waals surface area contributed by atoms with Gasteiger partial charge >= 0.3 is 0 Å². The lowest BCUT2D eigenvalue weighted by atomic mass is 9.98. The fourth-order valence-corrected chi connectivity index (χ4v) is 3.27. The highest BCUT2D eigenvalue weighted by Crippen LogP contribution is 2.27. The fourth-order valence-electron chi connectivity index (χ4n) is 3.27.